The number of aryl methyl sites for hydroxylation is 2. The molecule has 4 rings (SSSR count). The predicted molar refractivity (Wildman–Crippen MR) is 97.7 cm³/mol. The third-order valence-electron chi connectivity index (χ3n) is 4.65. The molecule has 6 nitrogen and oxygen atoms in total. The molecular formula is C19H22N4O2. The molecule has 130 valence electrons. The summed E-state index contributed by atoms with van der Waals surface area (Å²) in [6, 6.07) is 8.18. The molecule has 0 unspecified atom stereocenters. The van der Waals surface area contributed by atoms with Crippen molar-refractivity contribution in [1.29, 1.82) is 0 Å². The summed E-state index contributed by atoms with van der Waals surface area (Å²) in [4.78, 5) is 17.3. The molecule has 0 saturated carbocycles. The Morgan fingerprint density at radius 2 is 2.32 bits per heavy atom. The Bertz CT molecular complexity index is 941. The van der Waals surface area contributed by atoms with Crippen molar-refractivity contribution in [3.05, 3.63) is 29.8 Å². The van der Waals surface area contributed by atoms with Crippen LogP contribution in [0.15, 0.2) is 24.3 Å². The Morgan fingerprint density at radius 3 is 3.08 bits per heavy atom. The zero-order valence-corrected chi connectivity index (χ0v) is 14.6. The number of rotatable bonds is 4. The Labute approximate surface area is 146 Å². The fourth-order valence-electron chi connectivity index (χ4n) is 3.37. The molecule has 1 N–H and O–H groups in total. The third kappa shape index (κ3) is 2.87. The smallest absolute Gasteiger partial charge is 0.254 e. The number of nitrogens with one attached hydrogen (secondary N) is 1. The molecule has 3 aromatic rings. The summed E-state index contributed by atoms with van der Waals surface area (Å²) in [5, 5.41) is 9.48. The van der Waals surface area contributed by atoms with E-state index in [2.05, 4.69) is 36.4 Å². The number of hydrogen-bond acceptors (Lipinski definition) is 4. The van der Waals surface area contributed by atoms with Crippen LogP contribution in [0.5, 0.6) is 0 Å². The van der Waals surface area contributed by atoms with Crippen molar-refractivity contribution in [2.45, 2.75) is 45.8 Å². The Morgan fingerprint density at radius 1 is 1.44 bits per heavy atom. The van der Waals surface area contributed by atoms with E-state index in [-0.39, 0.29) is 12.0 Å². The summed E-state index contributed by atoms with van der Waals surface area (Å²) < 4.78 is 7.36. The van der Waals surface area contributed by atoms with Crippen molar-refractivity contribution in [1.82, 2.24) is 14.8 Å². The van der Waals surface area contributed by atoms with Crippen LogP contribution in [0.1, 0.15) is 31.7 Å². The summed E-state index contributed by atoms with van der Waals surface area (Å²) in [6.07, 6.45) is 2.26. The number of ether oxygens (including phenoxy) is 1. The monoisotopic (exact) mass is 338 g/mol. The number of carbonyl (C=O) groups is 1. The van der Waals surface area contributed by atoms with Crippen molar-refractivity contribution in [3.8, 4) is 0 Å². The van der Waals surface area contributed by atoms with Crippen LogP contribution in [0.2, 0.25) is 0 Å². The lowest BCUT2D eigenvalue weighted by Crippen LogP contribution is -2.27. The van der Waals surface area contributed by atoms with Gasteiger partial charge >= 0.3 is 0 Å². The molecule has 0 radical (unpaired) electrons. The van der Waals surface area contributed by atoms with E-state index in [1.165, 1.54) is 0 Å². The highest BCUT2D eigenvalue weighted by molar-refractivity contribution is 6.04. The van der Waals surface area contributed by atoms with Crippen molar-refractivity contribution in [3.63, 3.8) is 0 Å². The standard InChI is InChI=1S/C19H22N4O2/c1-3-9-23-18-14(11-13-7-4-6-12(2)16(13)20-18)17(22-23)21-19(24)15-8-5-10-25-15/h4,6-7,11,15H,3,5,8-10H2,1-2H3,(H,21,22,24)/t15-/m0/s1. The number of carbonyl (C=O) groups excluding carboxylic acids is 1. The van der Waals surface area contributed by atoms with Crippen LogP contribution in [0.25, 0.3) is 21.9 Å². The van der Waals surface area contributed by atoms with Gasteiger partial charge in [0.15, 0.2) is 11.5 Å². The number of benzene rings is 1. The molecule has 6 heteroatoms. The zero-order valence-electron chi connectivity index (χ0n) is 14.6. The van der Waals surface area contributed by atoms with E-state index < -0.39 is 0 Å². The second kappa shape index (κ2) is 6.44. The normalized spacial score (nSPS) is 17.4. The van der Waals surface area contributed by atoms with Crippen LogP contribution in [0.3, 0.4) is 0 Å². The summed E-state index contributed by atoms with van der Waals surface area (Å²) in [7, 11) is 0. The van der Waals surface area contributed by atoms with E-state index in [9.17, 15) is 4.79 Å². The van der Waals surface area contributed by atoms with Crippen LogP contribution in [0.4, 0.5) is 5.82 Å². The number of para-hydroxylation sites is 1. The van der Waals surface area contributed by atoms with Gasteiger partial charge in [-0.3, -0.25) is 4.79 Å². The number of pyridine rings is 1. The summed E-state index contributed by atoms with van der Waals surface area (Å²) in [5.41, 5.74) is 2.92. The first-order valence-electron chi connectivity index (χ1n) is 8.86. The maximum Gasteiger partial charge on any atom is 0.254 e. The van der Waals surface area contributed by atoms with E-state index in [0.717, 1.165) is 53.3 Å². The van der Waals surface area contributed by atoms with Gasteiger partial charge in [0.05, 0.1) is 10.9 Å². The quantitative estimate of drug-likeness (QED) is 0.791. The largest absolute Gasteiger partial charge is 0.368 e. The number of aromatic nitrogens is 3. The molecule has 25 heavy (non-hydrogen) atoms. The average Bonchev–Trinajstić information content (AvgIpc) is 3.24. The second-order valence-corrected chi connectivity index (χ2v) is 6.57. The topological polar surface area (TPSA) is 69.0 Å². The van der Waals surface area contributed by atoms with E-state index in [1.54, 1.807) is 0 Å². The first-order valence-corrected chi connectivity index (χ1v) is 8.86. The van der Waals surface area contributed by atoms with Gasteiger partial charge in [-0.1, -0.05) is 25.1 Å². The molecule has 1 aliphatic heterocycles. The minimum Gasteiger partial charge on any atom is -0.368 e. The molecule has 2 aromatic heterocycles. The summed E-state index contributed by atoms with van der Waals surface area (Å²) in [5.74, 6) is 0.449. The first-order chi connectivity index (χ1) is 12.2. The van der Waals surface area contributed by atoms with Gasteiger partial charge in [0, 0.05) is 18.5 Å². The van der Waals surface area contributed by atoms with Crippen molar-refractivity contribution in [2.24, 2.45) is 0 Å². The Kier molecular flexibility index (Phi) is 4.13. The number of amides is 1. The lowest BCUT2D eigenvalue weighted by molar-refractivity contribution is -0.124. The van der Waals surface area contributed by atoms with Crippen molar-refractivity contribution in [2.75, 3.05) is 11.9 Å². The Hall–Kier alpha value is -2.47. The van der Waals surface area contributed by atoms with E-state index in [1.807, 2.05) is 16.8 Å². The van der Waals surface area contributed by atoms with Gasteiger partial charge in [-0.2, -0.15) is 5.10 Å². The van der Waals surface area contributed by atoms with Gasteiger partial charge in [-0.05, 0) is 37.8 Å². The lowest BCUT2D eigenvalue weighted by atomic mass is 10.1. The van der Waals surface area contributed by atoms with Gasteiger partial charge in [0.25, 0.3) is 5.91 Å². The van der Waals surface area contributed by atoms with Crippen LogP contribution >= 0.6 is 0 Å². The minimum atomic E-state index is -0.373. The van der Waals surface area contributed by atoms with Crippen molar-refractivity contribution >= 4 is 33.7 Å². The molecule has 1 amide bonds. The van der Waals surface area contributed by atoms with Gasteiger partial charge in [-0.25, -0.2) is 9.67 Å². The highest BCUT2D eigenvalue weighted by Gasteiger charge is 2.25. The van der Waals surface area contributed by atoms with E-state index in [4.69, 9.17) is 9.72 Å². The lowest BCUT2D eigenvalue weighted by Gasteiger charge is -2.08. The van der Waals surface area contributed by atoms with Crippen LogP contribution in [-0.4, -0.2) is 33.4 Å². The summed E-state index contributed by atoms with van der Waals surface area (Å²) >= 11 is 0. The second-order valence-electron chi connectivity index (χ2n) is 6.57. The van der Waals surface area contributed by atoms with E-state index >= 15 is 0 Å². The van der Waals surface area contributed by atoms with Crippen LogP contribution in [-0.2, 0) is 16.1 Å². The molecule has 3 heterocycles. The molecule has 0 aliphatic carbocycles. The molecule has 0 bridgehead atoms. The zero-order chi connectivity index (χ0) is 17.4. The molecular weight excluding hydrogens is 316 g/mol. The third-order valence-corrected chi connectivity index (χ3v) is 4.65. The van der Waals surface area contributed by atoms with Gasteiger partial charge < -0.3 is 10.1 Å². The maximum absolute atomic E-state index is 12.4. The number of anilines is 1. The molecule has 1 fully saturated rings. The fourth-order valence-corrected chi connectivity index (χ4v) is 3.37. The number of nitrogens with zero attached hydrogens (tertiary/aromatic N) is 3. The van der Waals surface area contributed by atoms with Crippen LogP contribution < -0.4 is 5.32 Å². The summed E-state index contributed by atoms with van der Waals surface area (Å²) in [6.45, 7) is 5.57. The molecule has 0 spiro atoms. The minimum absolute atomic E-state index is 0.120. The number of hydrogen-bond donors (Lipinski definition) is 1. The molecule has 1 aromatic carbocycles. The Balaban J connectivity index is 1.81. The SMILES string of the molecule is CCCn1nc(NC(=O)[C@@H]2CCCO2)c2cc3cccc(C)c3nc21. The molecule has 1 aliphatic rings. The van der Waals surface area contributed by atoms with Gasteiger partial charge in [-0.15, -0.1) is 0 Å². The van der Waals surface area contributed by atoms with Crippen LogP contribution in [0, 0.1) is 6.92 Å². The van der Waals surface area contributed by atoms with E-state index in [0.29, 0.717) is 12.4 Å². The first kappa shape index (κ1) is 16.0. The maximum atomic E-state index is 12.4. The highest BCUT2D eigenvalue weighted by atomic mass is 16.5. The van der Waals surface area contributed by atoms with Gasteiger partial charge in [0.2, 0.25) is 0 Å². The molecule has 1 saturated heterocycles. The molecule has 1 atom stereocenters. The average molecular weight is 338 g/mol. The number of fused-ring (bicyclic) bond motifs is 2. The van der Waals surface area contributed by atoms with Gasteiger partial charge in [0.1, 0.15) is 6.10 Å². The van der Waals surface area contributed by atoms with Crippen molar-refractivity contribution < 1.29 is 9.53 Å². The predicted octanol–water partition coefficient (Wildman–Crippen LogP) is 3.42. The fraction of sp³-hybridized carbons (Fsp3) is 0.421. The highest BCUT2D eigenvalue weighted by Crippen LogP contribution is 2.28.